The zero-order valence-corrected chi connectivity index (χ0v) is 14.6. The molecule has 0 bridgehead atoms. The Morgan fingerprint density at radius 1 is 1.12 bits per heavy atom. The third-order valence-corrected chi connectivity index (χ3v) is 5.19. The lowest BCUT2D eigenvalue weighted by molar-refractivity contribution is 0.0581. The maximum atomic E-state index is 10.4. The summed E-state index contributed by atoms with van der Waals surface area (Å²) in [5.74, 6) is 1.44. The predicted octanol–water partition coefficient (Wildman–Crippen LogP) is 3.08. The highest BCUT2D eigenvalue weighted by Crippen LogP contribution is 2.29. The van der Waals surface area contributed by atoms with Gasteiger partial charge < -0.3 is 14.6 Å². The Bertz CT molecular complexity index is 694. The fourth-order valence-corrected chi connectivity index (χ4v) is 3.64. The summed E-state index contributed by atoms with van der Waals surface area (Å²) in [7, 11) is 0. The van der Waals surface area contributed by atoms with Crippen LogP contribution in [0.3, 0.4) is 0 Å². The minimum Gasteiger partial charge on any atom is -0.491 e. The minimum absolute atomic E-state index is 0.336. The summed E-state index contributed by atoms with van der Waals surface area (Å²) in [6.07, 6.45) is 3.19. The summed E-state index contributed by atoms with van der Waals surface area (Å²) >= 11 is 0. The topological polar surface area (TPSA) is 41.9 Å². The SMILES string of the molecule is OC(COc1ccc2ccccc2c1)CN(CC1CCOC1)C1CC1. The lowest BCUT2D eigenvalue weighted by Crippen LogP contribution is -2.40. The summed E-state index contributed by atoms with van der Waals surface area (Å²) in [4.78, 5) is 2.44. The van der Waals surface area contributed by atoms with Gasteiger partial charge >= 0.3 is 0 Å². The number of aliphatic hydroxyl groups excluding tert-OH is 1. The molecular formula is C21H27NO3. The first-order chi connectivity index (χ1) is 12.3. The Balaban J connectivity index is 1.30. The van der Waals surface area contributed by atoms with Crippen LogP contribution in [0.1, 0.15) is 19.3 Å². The molecule has 0 amide bonds. The molecule has 0 radical (unpaired) electrons. The number of hydrogen-bond donors (Lipinski definition) is 1. The molecule has 2 aliphatic rings. The fraction of sp³-hybridized carbons (Fsp3) is 0.524. The second-order valence-electron chi connectivity index (χ2n) is 7.39. The van der Waals surface area contributed by atoms with Gasteiger partial charge in [0, 0.05) is 25.7 Å². The van der Waals surface area contributed by atoms with Crippen molar-refractivity contribution in [2.45, 2.75) is 31.4 Å². The van der Waals surface area contributed by atoms with E-state index < -0.39 is 6.10 Å². The van der Waals surface area contributed by atoms with E-state index in [2.05, 4.69) is 23.1 Å². The highest BCUT2D eigenvalue weighted by molar-refractivity contribution is 5.83. The first-order valence-electron chi connectivity index (χ1n) is 9.39. The number of hydrogen-bond acceptors (Lipinski definition) is 4. The van der Waals surface area contributed by atoms with Gasteiger partial charge in [-0.05, 0) is 48.1 Å². The minimum atomic E-state index is -0.464. The molecule has 4 rings (SSSR count). The molecule has 4 nitrogen and oxygen atoms in total. The van der Waals surface area contributed by atoms with Crippen molar-refractivity contribution in [1.29, 1.82) is 0 Å². The second kappa shape index (κ2) is 7.73. The molecule has 0 spiro atoms. The van der Waals surface area contributed by atoms with E-state index in [0.29, 0.717) is 25.1 Å². The van der Waals surface area contributed by atoms with Gasteiger partial charge in [-0.15, -0.1) is 0 Å². The quantitative estimate of drug-likeness (QED) is 0.801. The van der Waals surface area contributed by atoms with Gasteiger partial charge in [-0.25, -0.2) is 0 Å². The largest absolute Gasteiger partial charge is 0.491 e. The van der Waals surface area contributed by atoms with Crippen LogP contribution in [-0.4, -0.2) is 55.1 Å². The summed E-state index contributed by atoms with van der Waals surface area (Å²) < 4.78 is 11.3. The molecule has 1 N–H and O–H groups in total. The van der Waals surface area contributed by atoms with Crippen molar-refractivity contribution >= 4 is 10.8 Å². The van der Waals surface area contributed by atoms with E-state index in [0.717, 1.165) is 37.3 Å². The molecule has 4 heteroatoms. The zero-order valence-electron chi connectivity index (χ0n) is 14.6. The molecule has 1 aliphatic carbocycles. The van der Waals surface area contributed by atoms with Gasteiger partial charge in [0.25, 0.3) is 0 Å². The van der Waals surface area contributed by atoms with Crippen molar-refractivity contribution in [2.24, 2.45) is 5.92 Å². The third-order valence-electron chi connectivity index (χ3n) is 5.19. The Labute approximate surface area is 149 Å². The van der Waals surface area contributed by atoms with Crippen molar-refractivity contribution in [3.8, 4) is 5.75 Å². The van der Waals surface area contributed by atoms with Crippen LogP contribution >= 0.6 is 0 Å². The van der Waals surface area contributed by atoms with Crippen molar-refractivity contribution in [3.05, 3.63) is 42.5 Å². The molecule has 1 saturated carbocycles. The number of fused-ring (bicyclic) bond motifs is 1. The summed E-state index contributed by atoms with van der Waals surface area (Å²) in [5, 5.41) is 12.8. The van der Waals surface area contributed by atoms with Crippen LogP contribution in [0.5, 0.6) is 5.75 Å². The van der Waals surface area contributed by atoms with E-state index in [9.17, 15) is 5.11 Å². The van der Waals surface area contributed by atoms with E-state index in [1.165, 1.54) is 18.2 Å². The van der Waals surface area contributed by atoms with Crippen LogP contribution < -0.4 is 4.74 Å². The Hall–Kier alpha value is -1.62. The van der Waals surface area contributed by atoms with Gasteiger partial charge in [-0.2, -0.15) is 0 Å². The van der Waals surface area contributed by atoms with Gasteiger partial charge in [0.1, 0.15) is 18.5 Å². The van der Waals surface area contributed by atoms with Crippen LogP contribution in [0, 0.1) is 5.92 Å². The Morgan fingerprint density at radius 3 is 2.72 bits per heavy atom. The van der Waals surface area contributed by atoms with Gasteiger partial charge in [0.15, 0.2) is 0 Å². The van der Waals surface area contributed by atoms with Gasteiger partial charge in [0.05, 0.1) is 6.61 Å². The molecule has 2 unspecified atom stereocenters. The standard InChI is InChI=1S/C21H27NO3/c23-20(13-22(19-6-7-19)12-16-9-10-24-14-16)15-25-21-8-5-17-3-1-2-4-18(17)11-21/h1-5,8,11,16,19-20,23H,6-7,9-10,12-15H2. The average Bonchev–Trinajstić information content (AvgIpc) is 3.36. The molecule has 2 fully saturated rings. The maximum absolute atomic E-state index is 10.4. The highest BCUT2D eigenvalue weighted by atomic mass is 16.5. The first kappa shape index (κ1) is 16.8. The lowest BCUT2D eigenvalue weighted by atomic mass is 10.1. The van der Waals surface area contributed by atoms with Gasteiger partial charge in [0.2, 0.25) is 0 Å². The van der Waals surface area contributed by atoms with Crippen molar-refractivity contribution < 1.29 is 14.6 Å². The lowest BCUT2D eigenvalue weighted by Gasteiger charge is -2.27. The molecule has 2 aromatic rings. The van der Waals surface area contributed by atoms with Crippen LogP contribution in [0.2, 0.25) is 0 Å². The molecule has 134 valence electrons. The van der Waals surface area contributed by atoms with E-state index in [1.807, 2.05) is 24.3 Å². The molecule has 0 aromatic heterocycles. The van der Waals surface area contributed by atoms with Crippen LogP contribution in [0.25, 0.3) is 10.8 Å². The normalized spacial score (nSPS) is 21.8. The molecule has 2 aromatic carbocycles. The van der Waals surface area contributed by atoms with Crippen molar-refractivity contribution in [1.82, 2.24) is 4.90 Å². The molecule has 2 atom stereocenters. The first-order valence-corrected chi connectivity index (χ1v) is 9.39. The molecule has 1 heterocycles. The number of aliphatic hydroxyl groups is 1. The smallest absolute Gasteiger partial charge is 0.120 e. The average molecular weight is 341 g/mol. The van der Waals surface area contributed by atoms with Crippen LogP contribution in [-0.2, 0) is 4.74 Å². The van der Waals surface area contributed by atoms with E-state index in [1.54, 1.807) is 0 Å². The summed E-state index contributed by atoms with van der Waals surface area (Å²) in [6, 6.07) is 15.0. The Morgan fingerprint density at radius 2 is 1.96 bits per heavy atom. The highest BCUT2D eigenvalue weighted by Gasteiger charge is 2.32. The van der Waals surface area contributed by atoms with Crippen molar-refractivity contribution in [2.75, 3.05) is 32.9 Å². The second-order valence-corrected chi connectivity index (χ2v) is 7.39. The molecule has 1 aliphatic heterocycles. The van der Waals surface area contributed by atoms with Gasteiger partial charge in [-0.3, -0.25) is 4.90 Å². The Kier molecular flexibility index (Phi) is 5.20. The monoisotopic (exact) mass is 341 g/mol. The van der Waals surface area contributed by atoms with E-state index in [-0.39, 0.29) is 0 Å². The van der Waals surface area contributed by atoms with Crippen molar-refractivity contribution in [3.63, 3.8) is 0 Å². The number of nitrogens with zero attached hydrogens (tertiary/aromatic N) is 1. The maximum Gasteiger partial charge on any atom is 0.120 e. The number of rotatable bonds is 8. The van der Waals surface area contributed by atoms with E-state index in [4.69, 9.17) is 9.47 Å². The summed E-state index contributed by atoms with van der Waals surface area (Å²) in [5.41, 5.74) is 0. The van der Waals surface area contributed by atoms with Gasteiger partial charge in [-0.1, -0.05) is 30.3 Å². The molecular weight excluding hydrogens is 314 g/mol. The van der Waals surface area contributed by atoms with Crippen LogP contribution in [0.4, 0.5) is 0 Å². The third kappa shape index (κ3) is 4.51. The fourth-order valence-electron chi connectivity index (χ4n) is 3.64. The predicted molar refractivity (Wildman–Crippen MR) is 99.0 cm³/mol. The molecule has 25 heavy (non-hydrogen) atoms. The van der Waals surface area contributed by atoms with Crippen LogP contribution in [0.15, 0.2) is 42.5 Å². The summed E-state index contributed by atoms with van der Waals surface area (Å²) in [6.45, 7) is 3.82. The van der Waals surface area contributed by atoms with E-state index >= 15 is 0 Å². The number of benzene rings is 2. The molecule has 1 saturated heterocycles. The zero-order chi connectivity index (χ0) is 17.1. The number of ether oxygens (including phenoxy) is 2.